The SMILES string of the molecule is COC(O)c1nc2c(N3CCOCC3)cc(N3CCOCC3)cn2c(=O)c1O. The number of hydrogen-bond donors (Lipinski definition) is 2. The molecule has 4 heterocycles. The average molecular weight is 392 g/mol. The van der Waals surface area contributed by atoms with Gasteiger partial charge in [-0.15, -0.1) is 0 Å². The van der Waals surface area contributed by atoms with E-state index in [9.17, 15) is 15.0 Å². The van der Waals surface area contributed by atoms with E-state index in [2.05, 4.69) is 14.8 Å². The van der Waals surface area contributed by atoms with Crippen molar-refractivity contribution >= 4 is 17.0 Å². The number of fused-ring (bicyclic) bond motifs is 1. The molecule has 0 bridgehead atoms. The van der Waals surface area contributed by atoms with Crippen molar-refractivity contribution in [3.63, 3.8) is 0 Å². The zero-order valence-corrected chi connectivity index (χ0v) is 15.7. The molecule has 2 aliphatic rings. The van der Waals surface area contributed by atoms with Crippen LogP contribution in [0.15, 0.2) is 17.1 Å². The minimum Gasteiger partial charge on any atom is -0.502 e. The van der Waals surface area contributed by atoms with Gasteiger partial charge in [0, 0.05) is 39.5 Å². The van der Waals surface area contributed by atoms with E-state index in [-0.39, 0.29) is 5.69 Å². The maximum absolute atomic E-state index is 12.9. The minimum atomic E-state index is -1.49. The Hall–Kier alpha value is -2.40. The van der Waals surface area contributed by atoms with E-state index >= 15 is 0 Å². The van der Waals surface area contributed by atoms with Gasteiger partial charge in [-0.1, -0.05) is 0 Å². The van der Waals surface area contributed by atoms with E-state index in [0.717, 1.165) is 11.4 Å². The minimum absolute atomic E-state index is 0.193. The number of pyridine rings is 1. The highest BCUT2D eigenvalue weighted by atomic mass is 16.6. The summed E-state index contributed by atoms with van der Waals surface area (Å²) in [7, 11) is 1.28. The van der Waals surface area contributed by atoms with Crippen molar-refractivity contribution in [3.8, 4) is 5.75 Å². The van der Waals surface area contributed by atoms with Gasteiger partial charge in [0.2, 0.25) is 12.0 Å². The first-order valence-corrected chi connectivity index (χ1v) is 9.25. The number of aromatic hydroxyl groups is 1. The van der Waals surface area contributed by atoms with Gasteiger partial charge < -0.3 is 34.2 Å². The molecular weight excluding hydrogens is 368 g/mol. The molecule has 4 rings (SSSR count). The molecule has 2 aliphatic heterocycles. The van der Waals surface area contributed by atoms with Crippen LogP contribution in [-0.4, -0.2) is 79.3 Å². The van der Waals surface area contributed by atoms with Crippen LogP contribution in [-0.2, 0) is 14.2 Å². The number of aliphatic hydroxyl groups is 1. The molecule has 0 radical (unpaired) electrons. The number of aliphatic hydroxyl groups excluding tert-OH is 1. The van der Waals surface area contributed by atoms with Crippen molar-refractivity contribution in [1.29, 1.82) is 0 Å². The smallest absolute Gasteiger partial charge is 0.300 e. The van der Waals surface area contributed by atoms with Crippen LogP contribution in [0.5, 0.6) is 5.75 Å². The molecule has 2 aromatic rings. The quantitative estimate of drug-likeness (QED) is 0.679. The molecule has 1 atom stereocenters. The van der Waals surface area contributed by atoms with Gasteiger partial charge in [-0.3, -0.25) is 9.20 Å². The normalized spacial score (nSPS) is 19.2. The number of anilines is 2. The van der Waals surface area contributed by atoms with Crippen molar-refractivity contribution < 1.29 is 24.4 Å². The van der Waals surface area contributed by atoms with Gasteiger partial charge in [-0.2, -0.15) is 0 Å². The van der Waals surface area contributed by atoms with Crippen LogP contribution < -0.4 is 15.4 Å². The largest absolute Gasteiger partial charge is 0.502 e. The molecule has 10 nitrogen and oxygen atoms in total. The Kier molecular flexibility index (Phi) is 5.36. The number of aromatic nitrogens is 2. The molecule has 2 aromatic heterocycles. The van der Waals surface area contributed by atoms with E-state index in [4.69, 9.17) is 14.2 Å². The summed E-state index contributed by atoms with van der Waals surface area (Å²) in [5.41, 5.74) is 1.10. The summed E-state index contributed by atoms with van der Waals surface area (Å²) < 4.78 is 17.1. The number of hydrogen-bond acceptors (Lipinski definition) is 9. The van der Waals surface area contributed by atoms with Crippen LogP contribution >= 0.6 is 0 Å². The van der Waals surface area contributed by atoms with Crippen molar-refractivity contribution in [2.45, 2.75) is 6.29 Å². The monoisotopic (exact) mass is 392 g/mol. The lowest BCUT2D eigenvalue weighted by Crippen LogP contribution is -2.39. The molecular formula is C18H24N4O6. The topological polar surface area (TPSA) is 109 Å². The van der Waals surface area contributed by atoms with E-state index in [1.165, 1.54) is 11.5 Å². The van der Waals surface area contributed by atoms with Crippen molar-refractivity contribution in [2.24, 2.45) is 0 Å². The fourth-order valence-corrected chi connectivity index (χ4v) is 3.53. The van der Waals surface area contributed by atoms with Crippen LogP contribution in [0.3, 0.4) is 0 Å². The Labute approximate surface area is 161 Å². The maximum atomic E-state index is 12.9. The molecule has 152 valence electrons. The van der Waals surface area contributed by atoms with Gasteiger partial charge in [-0.05, 0) is 6.07 Å². The Morgan fingerprint density at radius 3 is 2.32 bits per heavy atom. The van der Waals surface area contributed by atoms with E-state index in [0.29, 0.717) is 58.3 Å². The highest BCUT2D eigenvalue weighted by Crippen LogP contribution is 2.30. The fraction of sp³-hybridized carbons (Fsp3) is 0.556. The second kappa shape index (κ2) is 7.92. The van der Waals surface area contributed by atoms with Crippen LogP contribution in [0, 0.1) is 0 Å². The third kappa shape index (κ3) is 3.39. The molecule has 2 saturated heterocycles. The summed E-state index contributed by atoms with van der Waals surface area (Å²) in [5.74, 6) is -0.626. The predicted octanol–water partition coefficient (Wildman–Crippen LogP) is -0.289. The molecule has 0 amide bonds. The van der Waals surface area contributed by atoms with Crippen LogP contribution in [0.1, 0.15) is 12.0 Å². The maximum Gasteiger partial charge on any atom is 0.300 e. The summed E-state index contributed by atoms with van der Waals surface area (Å²) >= 11 is 0. The summed E-state index contributed by atoms with van der Waals surface area (Å²) in [6, 6.07) is 1.98. The second-order valence-electron chi connectivity index (χ2n) is 6.71. The Balaban J connectivity index is 1.92. The molecule has 28 heavy (non-hydrogen) atoms. The Morgan fingerprint density at radius 1 is 1.11 bits per heavy atom. The lowest BCUT2D eigenvalue weighted by atomic mass is 10.2. The molecule has 0 aromatic carbocycles. The first-order chi connectivity index (χ1) is 13.6. The lowest BCUT2D eigenvalue weighted by molar-refractivity contribution is -0.0811. The second-order valence-corrected chi connectivity index (χ2v) is 6.71. The summed E-state index contributed by atoms with van der Waals surface area (Å²) in [4.78, 5) is 21.5. The zero-order valence-electron chi connectivity index (χ0n) is 15.7. The van der Waals surface area contributed by atoms with Gasteiger partial charge in [0.1, 0.15) is 5.69 Å². The third-order valence-electron chi connectivity index (χ3n) is 5.08. The van der Waals surface area contributed by atoms with Crippen LogP contribution in [0.25, 0.3) is 5.65 Å². The van der Waals surface area contributed by atoms with Crippen molar-refractivity contribution in [3.05, 3.63) is 28.3 Å². The van der Waals surface area contributed by atoms with Gasteiger partial charge >= 0.3 is 5.56 Å². The van der Waals surface area contributed by atoms with Crippen molar-refractivity contribution in [1.82, 2.24) is 9.38 Å². The van der Waals surface area contributed by atoms with Gasteiger partial charge in [0.25, 0.3) is 0 Å². The van der Waals surface area contributed by atoms with Gasteiger partial charge in [0.05, 0.1) is 37.8 Å². The predicted molar refractivity (Wildman–Crippen MR) is 101 cm³/mol. The number of methoxy groups -OCH3 is 1. The average Bonchev–Trinajstić information content (AvgIpc) is 2.76. The van der Waals surface area contributed by atoms with Crippen LogP contribution in [0.4, 0.5) is 11.4 Å². The van der Waals surface area contributed by atoms with E-state index < -0.39 is 17.6 Å². The lowest BCUT2D eigenvalue weighted by Gasteiger charge is -2.33. The molecule has 2 fully saturated rings. The van der Waals surface area contributed by atoms with Gasteiger partial charge in [-0.25, -0.2) is 4.98 Å². The van der Waals surface area contributed by atoms with Crippen LogP contribution in [0.2, 0.25) is 0 Å². The highest BCUT2D eigenvalue weighted by Gasteiger charge is 2.24. The molecule has 2 N–H and O–H groups in total. The Morgan fingerprint density at radius 2 is 1.71 bits per heavy atom. The summed E-state index contributed by atoms with van der Waals surface area (Å²) in [6.45, 7) is 5.10. The van der Waals surface area contributed by atoms with Crippen molar-refractivity contribution in [2.75, 3.05) is 69.5 Å². The fourth-order valence-electron chi connectivity index (χ4n) is 3.53. The zero-order chi connectivity index (χ0) is 19.7. The third-order valence-corrected chi connectivity index (χ3v) is 5.08. The molecule has 0 aliphatic carbocycles. The molecule has 0 saturated carbocycles. The highest BCUT2D eigenvalue weighted by molar-refractivity contribution is 5.74. The molecule has 1 unspecified atom stereocenters. The first-order valence-electron chi connectivity index (χ1n) is 9.25. The summed E-state index contributed by atoms with van der Waals surface area (Å²) in [5, 5.41) is 20.3. The number of rotatable bonds is 4. The standard InChI is InChI=1S/C18H24N4O6/c1-26-18(25)14-15(23)17(24)22-11-12(20-2-6-27-7-3-20)10-13(16(22)19-14)21-4-8-28-9-5-21/h10-11,18,23,25H,2-9H2,1H3. The number of nitrogens with zero attached hydrogens (tertiary/aromatic N) is 4. The van der Waals surface area contributed by atoms with E-state index in [1.807, 2.05) is 6.07 Å². The van der Waals surface area contributed by atoms with E-state index in [1.54, 1.807) is 6.20 Å². The Bertz CT molecular complexity index is 905. The first kappa shape index (κ1) is 18.9. The number of ether oxygens (including phenoxy) is 3. The molecule has 0 spiro atoms. The molecule has 10 heteroatoms. The summed E-state index contributed by atoms with van der Waals surface area (Å²) in [6.07, 6.45) is 0.178. The van der Waals surface area contributed by atoms with Gasteiger partial charge in [0.15, 0.2) is 5.65 Å². The number of morpholine rings is 2.